The van der Waals surface area contributed by atoms with E-state index in [9.17, 15) is 10.0 Å². The lowest BCUT2D eigenvalue weighted by Crippen LogP contribution is -2.34. The summed E-state index contributed by atoms with van der Waals surface area (Å²) >= 11 is 23.3. The number of rotatable bonds is 3. The largest absolute Gasteiger partial charge is 0.490 e. The first-order valence-corrected chi connectivity index (χ1v) is 8.31. The Kier molecular flexibility index (Phi) is 6.36. The molecule has 24 heavy (non-hydrogen) atoms. The quantitative estimate of drug-likeness (QED) is 0.606. The topological polar surface area (TPSA) is 52.9 Å². The number of aryl methyl sites for hydroxylation is 1. The van der Waals surface area contributed by atoms with E-state index in [0.29, 0.717) is 21.5 Å². The van der Waals surface area contributed by atoms with Gasteiger partial charge in [-0.25, -0.2) is 0 Å². The van der Waals surface area contributed by atoms with Crippen LogP contribution in [0, 0.1) is 6.92 Å². The van der Waals surface area contributed by atoms with Crippen molar-refractivity contribution in [3.63, 3.8) is 0 Å². The lowest BCUT2D eigenvalue weighted by atomic mass is 9.80. The summed E-state index contributed by atoms with van der Waals surface area (Å²) in [4.78, 5) is 1.51. The molecule has 0 saturated heterocycles. The lowest BCUT2D eigenvalue weighted by Gasteiger charge is -2.22. The van der Waals surface area contributed by atoms with Crippen molar-refractivity contribution < 1.29 is 14.8 Å². The summed E-state index contributed by atoms with van der Waals surface area (Å²) in [6, 6.07) is 8.03. The van der Waals surface area contributed by atoms with Gasteiger partial charge in [0.05, 0.1) is 10.7 Å². The average Bonchev–Trinajstić information content (AvgIpc) is 2.49. The molecule has 0 saturated carbocycles. The minimum atomic E-state index is -1.73. The molecule has 2 rings (SSSR count). The third kappa shape index (κ3) is 4.33. The van der Waals surface area contributed by atoms with E-state index < -0.39 is 7.12 Å². The van der Waals surface area contributed by atoms with E-state index in [2.05, 4.69) is 0 Å². The smallest absolute Gasteiger partial charge is 0.431 e. The molecule has 0 fully saturated rings. The van der Waals surface area contributed by atoms with Crippen LogP contribution in [0.1, 0.15) is 5.56 Å². The number of ether oxygens (including phenoxy) is 1. The third-order valence-electron chi connectivity index (χ3n) is 3.31. The maximum atomic E-state index is 9.37. The molecule has 0 spiro atoms. The van der Waals surface area contributed by atoms with Gasteiger partial charge in [-0.2, -0.15) is 0 Å². The molecule has 2 aromatic rings. The Morgan fingerprint density at radius 1 is 1.12 bits per heavy atom. The number of hydrogen-bond acceptors (Lipinski definition) is 4. The molecule has 0 aliphatic rings. The highest BCUT2D eigenvalue weighted by Gasteiger charge is 2.21. The average molecular weight is 405 g/mol. The first-order chi connectivity index (χ1) is 11.2. The van der Waals surface area contributed by atoms with Crippen molar-refractivity contribution in [3.05, 3.63) is 51.0 Å². The summed E-state index contributed by atoms with van der Waals surface area (Å²) in [6.07, 6.45) is 0. The molecule has 4 nitrogen and oxygen atoms in total. The Morgan fingerprint density at radius 3 is 2.38 bits per heavy atom. The highest BCUT2D eigenvalue weighted by molar-refractivity contribution is 7.80. The summed E-state index contributed by atoms with van der Waals surface area (Å²) in [5.74, 6) is 0.559. The van der Waals surface area contributed by atoms with Crippen LogP contribution in [0.25, 0.3) is 0 Å². The van der Waals surface area contributed by atoms with Gasteiger partial charge in [0.1, 0.15) is 5.75 Å². The monoisotopic (exact) mass is 403 g/mol. The van der Waals surface area contributed by atoms with Crippen LogP contribution in [-0.4, -0.2) is 29.4 Å². The highest BCUT2D eigenvalue weighted by atomic mass is 35.5. The van der Waals surface area contributed by atoms with Gasteiger partial charge in [0.15, 0.2) is 0 Å². The minimum Gasteiger partial charge on any atom is -0.431 e. The third-order valence-corrected chi connectivity index (χ3v) is 4.54. The van der Waals surface area contributed by atoms with Crippen LogP contribution in [0.5, 0.6) is 5.75 Å². The molecule has 0 aliphatic carbocycles. The molecule has 0 aliphatic heterocycles. The fraction of sp³-hybridized carbons (Fsp3) is 0.133. The van der Waals surface area contributed by atoms with E-state index >= 15 is 0 Å². The molecule has 126 valence electrons. The number of benzene rings is 2. The fourth-order valence-corrected chi connectivity index (χ4v) is 3.02. The molecule has 2 aromatic carbocycles. The van der Waals surface area contributed by atoms with Gasteiger partial charge >= 0.3 is 7.12 Å². The van der Waals surface area contributed by atoms with Crippen LogP contribution in [0.15, 0.2) is 30.3 Å². The Morgan fingerprint density at radius 2 is 1.79 bits per heavy atom. The van der Waals surface area contributed by atoms with Crippen molar-refractivity contribution in [2.45, 2.75) is 6.92 Å². The predicted molar refractivity (Wildman–Crippen MR) is 104 cm³/mol. The Hall–Kier alpha value is -1.02. The Bertz CT molecular complexity index is 789. The van der Waals surface area contributed by atoms with Crippen molar-refractivity contribution in [2.24, 2.45) is 0 Å². The van der Waals surface area contributed by atoms with Crippen LogP contribution in [0.3, 0.4) is 0 Å². The first kappa shape index (κ1) is 19.3. The van der Waals surface area contributed by atoms with Gasteiger partial charge in [-0.05, 0) is 55.0 Å². The van der Waals surface area contributed by atoms with Crippen molar-refractivity contribution in [2.75, 3.05) is 11.9 Å². The van der Waals surface area contributed by atoms with Gasteiger partial charge in [0.2, 0.25) is 0 Å². The maximum Gasteiger partial charge on any atom is 0.490 e. The summed E-state index contributed by atoms with van der Waals surface area (Å²) < 4.78 is 5.68. The van der Waals surface area contributed by atoms with Gasteiger partial charge in [0.25, 0.3) is 5.17 Å². The van der Waals surface area contributed by atoms with Crippen molar-refractivity contribution in [3.8, 4) is 5.75 Å². The van der Waals surface area contributed by atoms with Crippen molar-refractivity contribution >= 4 is 70.5 Å². The molecule has 0 atom stereocenters. The Labute approximate surface area is 160 Å². The van der Waals surface area contributed by atoms with E-state index in [1.165, 1.54) is 17.0 Å². The molecule has 0 unspecified atom stereocenters. The number of hydrogen-bond donors (Lipinski definition) is 2. The second kappa shape index (κ2) is 7.91. The SMILES string of the molecule is Cc1cc(Cl)ccc1OC(=S)N(C)c1cc(B(O)O)c(Cl)cc1Cl. The van der Waals surface area contributed by atoms with E-state index in [1.807, 2.05) is 6.92 Å². The molecular weight excluding hydrogens is 391 g/mol. The minimum absolute atomic E-state index is 0.119. The summed E-state index contributed by atoms with van der Waals surface area (Å²) in [5.41, 5.74) is 1.38. The molecule has 9 heteroatoms. The number of halogens is 3. The zero-order valence-electron chi connectivity index (χ0n) is 12.8. The predicted octanol–water partition coefficient (Wildman–Crippen LogP) is 3.44. The Balaban J connectivity index is 2.29. The van der Waals surface area contributed by atoms with Crippen LogP contribution in [-0.2, 0) is 0 Å². The van der Waals surface area contributed by atoms with Crippen LogP contribution >= 0.6 is 47.0 Å². The fourth-order valence-electron chi connectivity index (χ4n) is 2.00. The van der Waals surface area contributed by atoms with Gasteiger partial charge in [-0.1, -0.05) is 34.8 Å². The van der Waals surface area contributed by atoms with Crippen LogP contribution in [0.4, 0.5) is 5.69 Å². The molecule has 0 amide bonds. The summed E-state index contributed by atoms with van der Waals surface area (Å²) in [6.45, 7) is 1.85. The van der Waals surface area contributed by atoms with E-state index in [0.717, 1.165) is 5.56 Å². The van der Waals surface area contributed by atoms with Gasteiger partial charge in [-0.15, -0.1) is 0 Å². The number of anilines is 1. The summed E-state index contributed by atoms with van der Waals surface area (Å²) in [5, 5.41) is 19.9. The zero-order valence-corrected chi connectivity index (χ0v) is 15.8. The zero-order chi connectivity index (χ0) is 18.0. The molecule has 0 bridgehead atoms. The molecule has 0 radical (unpaired) electrons. The second-order valence-electron chi connectivity index (χ2n) is 5.04. The van der Waals surface area contributed by atoms with Gasteiger partial charge in [-0.3, -0.25) is 0 Å². The van der Waals surface area contributed by atoms with E-state index in [4.69, 9.17) is 51.8 Å². The number of thiocarbonyl (C=S) groups is 1. The normalized spacial score (nSPS) is 10.5. The summed E-state index contributed by atoms with van der Waals surface area (Å²) in [7, 11) is -0.0779. The number of nitrogens with zero attached hydrogens (tertiary/aromatic N) is 1. The molecule has 0 heterocycles. The molecular formula is C15H13BCl3NO3S. The van der Waals surface area contributed by atoms with Crippen molar-refractivity contribution in [1.82, 2.24) is 0 Å². The molecule has 2 N–H and O–H groups in total. The van der Waals surface area contributed by atoms with E-state index in [-0.39, 0.29) is 15.7 Å². The lowest BCUT2D eigenvalue weighted by molar-refractivity contribution is 0.426. The standard InChI is InChI=1S/C15H13BCl3NO3S/c1-8-5-9(17)3-4-14(8)23-15(24)20(2)13-6-10(16(21)22)11(18)7-12(13)19/h3-7,21-22H,1-2H3. The maximum absolute atomic E-state index is 9.37. The van der Waals surface area contributed by atoms with E-state index in [1.54, 1.807) is 25.2 Å². The van der Waals surface area contributed by atoms with Gasteiger partial charge in [0, 0.05) is 22.6 Å². The van der Waals surface area contributed by atoms with Crippen LogP contribution < -0.4 is 15.1 Å². The first-order valence-electron chi connectivity index (χ1n) is 6.77. The van der Waals surface area contributed by atoms with Gasteiger partial charge < -0.3 is 19.7 Å². The van der Waals surface area contributed by atoms with Crippen molar-refractivity contribution in [1.29, 1.82) is 0 Å². The van der Waals surface area contributed by atoms with Crippen LogP contribution in [0.2, 0.25) is 15.1 Å². The second-order valence-corrected chi connectivity index (χ2v) is 6.64. The molecule has 0 aromatic heterocycles. The highest BCUT2D eigenvalue weighted by Crippen LogP contribution is 2.29.